The van der Waals surface area contributed by atoms with Gasteiger partial charge in [0.15, 0.2) is 0 Å². The smallest absolute Gasteiger partial charge is 0.240 e. The lowest BCUT2D eigenvalue weighted by Gasteiger charge is -2.12. The molecule has 0 fully saturated rings. The molecule has 0 atom stereocenters. The van der Waals surface area contributed by atoms with Gasteiger partial charge in [-0.1, -0.05) is 6.07 Å². The highest BCUT2D eigenvalue weighted by molar-refractivity contribution is 5.71. The van der Waals surface area contributed by atoms with Crippen LogP contribution in [0.5, 0.6) is 5.75 Å². The fourth-order valence-electron chi connectivity index (χ4n) is 1.62. The summed E-state index contributed by atoms with van der Waals surface area (Å²) in [5, 5.41) is 0. The second-order valence-electron chi connectivity index (χ2n) is 4.41. The van der Waals surface area contributed by atoms with Crippen LogP contribution in [0.1, 0.15) is 30.0 Å². The normalized spacial score (nSPS) is 10.2. The van der Waals surface area contributed by atoms with Crippen LogP contribution in [0.25, 0.3) is 0 Å². The molecule has 0 radical (unpaired) electrons. The number of rotatable bonds is 6. The minimum atomic E-state index is -0.193. The summed E-state index contributed by atoms with van der Waals surface area (Å²) >= 11 is 0. The fraction of sp³-hybridized carbons (Fsp3) is 0.500. The van der Waals surface area contributed by atoms with E-state index in [1.54, 1.807) is 0 Å². The van der Waals surface area contributed by atoms with Gasteiger partial charge in [0.25, 0.3) is 0 Å². The molecule has 18 heavy (non-hydrogen) atoms. The van der Waals surface area contributed by atoms with E-state index in [4.69, 9.17) is 9.57 Å². The van der Waals surface area contributed by atoms with Crippen molar-refractivity contribution in [2.75, 3.05) is 13.2 Å². The van der Waals surface area contributed by atoms with Crippen LogP contribution in [0.3, 0.4) is 0 Å². The molecule has 0 heterocycles. The van der Waals surface area contributed by atoms with E-state index in [2.05, 4.69) is 32.3 Å². The van der Waals surface area contributed by atoms with Crippen LogP contribution in [0.4, 0.5) is 0 Å². The van der Waals surface area contributed by atoms with Gasteiger partial charge in [0.05, 0.1) is 13.2 Å². The third-order valence-corrected chi connectivity index (χ3v) is 2.63. The van der Waals surface area contributed by atoms with Crippen molar-refractivity contribution in [2.24, 2.45) is 0 Å². The third kappa shape index (κ3) is 4.75. The Bertz CT molecular complexity index is 416. The molecule has 1 amide bonds. The van der Waals surface area contributed by atoms with Gasteiger partial charge < -0.3 is 4.74 Å². The standard InChI is InChI=1S/C14H21NO3/c1-10-8-11(2)12(3)14(9-10)17-6-5-7-18-15-13(4)16/h8-9H,5-7H2,1-4H3,(H,15,16). The Morgan fingerprint density at radius 2 is 1.94 bits per heavy atom. The molecule has 1 rings (SSSR count). The summed E-state index contributed by atoms with van der Waals surface area (Å²) in [5.74, 6) is 0.730. The summed E-state index contributed by atoms with van der Waals surface area (Å²) in [6.45, 7) is 8.62. The second kappa shape index (κ2) is 7.01. The van der Waals surface area contributed by atoms with E-state index in [-0.39, 0.29) is 5.91 Å². The quantitative estimate of drug-likeness (QED) is 0.624. The van der Waals surface area contributed by atoms with Crippen molar-refractivity contribution in [3.8, 4) is 5.75 Å². The number of benzene rings is 1. The van der Waals surface area contributed by atoms with Gasteiger partial charge in [0, 0.05) is 13.3 Å². The number of carbonyl (C=O) groups is 1. The lowest BCUT2D eigenvalue weighted by Crippen LogP contribution is -2.21. The topological polar surface area (TPSA) is 47.6 Å². The lowest BCUT2D eigenvalue weighted by atomic mass is 10.1. The van der Waals surface area contributed by atoms with Crippen LogP contribution in [0.2, 0.25) is 0 Å². The van der Waals surface area contributed by atoms with Crippen molar-refractivity contribution >= 4 is 5.91 Å². The first kappa shape index (κ1) is 14.5. The van der Waals surface area contributed by atoms with Gasteiger partial charge in [-0.15, -0.1) is 0 Å². The molecule has 0 bridgehead atoms. The highest BCUT2D eigenvalue weighted by Gasteiger charge is 2.03. The van der Waals surface area contributed by atoms with Gasteiger partial charge in [-0.3, -0.25) is 9.63 Å². The van der Waals surface area contributed by atoms with Crippen molar-refractivity contribution in [1.82, 2.24) is 5.48 Å². The molecule has 1 N–H and O–H groups in total. The van der Waals surface area contributed by atoms with Gasteiger partial charge in [-0.25, -0.2) is 5.48 Å². The Labute approximate surface area is 108 Å². The molecule has 1 aromatic carbocycles. The Kier molecular flexibility index (Phi) is 5.65. The number of hydrogen-bond donors (Lipinski definition) is 1. The van der Waals surface area contributed by atoms with Gasteiger partial charge >= 0.3 is 0 Å². The van der Waals surface area contributed by atoms with E-state index >= 15 is 0 Å². The van der Waals surface area contributed by atoms with Crippen molar-refractivity contribution in [3.63, 3.8) is 0 Å². The number of hydroxylamine groups is 1. The van der Waals surface area contributed by atoms with E-state index in [1.807, 2.05) is 6.07 Å². The Balaban J connectivity index is 2.33. The molecular weight excluding hydrogens is 230 g/mol. The summed E-state index contributed by atoms with van der Waals surface area (Å²) in [6, 6.07) is 4.18. The molecule has 0 aliphatic rings. The monoisotopic (exact) mass is 251 g/mol. The van der Waals surface area contributed by atoms with Crippen molar-refractivity contribution in [2.45, 2.75) is 34.1 Å². The average Bonchev–Trinajstić information content (AvgIpc) is 2.29. The summed E-state index contributed by atoms with van der Waals surface area (Å²) in [5.41, 5.74) is 5.88. The van der Waals surface area contributed by atoms with Crippen LogP contribution < -0.4 is 10.2 Å². The van der Waals surface area contributed by atoms with Gasteiger partial charge in [-0.2, -0.15) is 0 Å². The summed E-state index contributed by atoms with van der Waals surface area (Å²) in [4.78, 5) is 15.5. The third-order valence-electron chi connectivity index (χ3n) is 2.63. The second-order valence-corrected chi connectivity index (χ2v) is 4.41. The molecule has 4 heteroatoms. The maximum absolute atomic E-state index is 10.6. The zero-order valence-corrected chi connectivity index (χ0v) is 11.5. The number of carbonyl (C=O) groups excluding carboxylic acids is 1. The van der Waals surface area contributed by atoms with E-state index in [9.17, 15) is 4.79 Å². The van der Waals surface area contributed by atoms with Crippen LogP contribution in [0, 0.1) is 20.8 Å². The fourth-order valence-corrected chi connectivity index (χ4v) is 1.62. The summed E-state index contributed by atoms with van der Waals surface area (Å²) < 4.78 is 5.71. The number of aryl methyl sites for hydroxylation is 2. The first-order chi connectivity index (χ1) is 8.50. The van der Waals surface area contributed by atoms with Crippen molar-refractivity contribution in [1.29, 1.82) is 0 Å². The first-order valence-corrected chi connectivity index (χ1v) is 6.09. The maximum Gasteiger partial charge on any atom is 0.240 e. The average molecular weight is 251 g/mol. The first-order valence-electron chi connectivity index (χ1n) is 6.09. The van der Waals surface area contributed by atoms with Gasteiger partial charge in [0.1, 0.15) is 5.75 Å². The molecule has 100 valence electrons. The van der Waals surface area contributed by atoms with E-state index in [1.165, 1.54) is 23.6 Å². The molecule has 0 spiro atoms. The van der Waals surface area contributed by atoms with Crippen LogP contribution in [-0.2, 0) is 9.63 Å². The molecule has 0 aliphatic heterocycles. The number of ether oxygens (including phenoxy) is 1. The minimum Gasteiger partial charge on any atom is -0.493 e. The zero-order valence-electron chi connectivity index (χ0n) is 11.5. The number of hydrogen-bond acceptors (Lipinski definition) is 3. The van der Waals surface area contributed by atoms with Crippen LogP contribution in [0.15, 0.2) is 12.1 Å². The van der Waals surface area contributed by atoms with E-state index < -0.39 is 0 Å². The van der Waals surface area contributed by atoms with Crippen LogP contribution >= 0.6 is 0 Å². The molecule has 0 saturated heterocycles. The Morgan fingerprint density at radius 3 is 2.61 bits per heavy atom. The molecule has 0 saturated carbocycles. The molecular formula is C14H21NO3. The highest BCUT2D eigenvalue weighted by atomic mass is 16.6. The molecule has 0 aromatic heterocycles. The summed E-state index contributed by atoms with van der Waals surface area (Å²) in [7, 11) is 0. The molecule has 0 unspecified atom stereocenters. The molecule has 4 nitrogen and oxygen atoms in total. The van der Waals surface area contributed by atoms with Gasteiger partial charge in [-0.05, 0) is 43.5 Å². The van der Waals surface area contributed by atoms with Gasteiger partial charge in [0.2, 0.25) is 5.91 Å². The van der Waals surface area contributed by atoms with E-state index in [0.717, 1.165) is 12.2 Å². The summed E-state index contributed by atoms with van der Waals surface area (Å²) in [6.07, 6.45) is 0.729. The minimum absolute atomic E-state index is 0.193. The highest BCUT2D eigenvalue weighted by Crippen LogP contribution is 2.23. The maximum atomic E-state index is 10.6. The number of nitrogens with one attached hydrogen (secondary N) is 1. The van der Waals surface area contributed by atoms with Crippen LogP contribution in [-0.4, -0.2) is 19.1 Å². The Morgan fingerprint density at radius 1 is 1.22 bits per heavy atom. The van der Waals surface area contributed by atoms with Crippen molar-refractivity contribution in [3.05, 3.63) is 28.8 Å². The number of amides is 1. The Hall–Kier alpha value is -1.55. The van der Waals surface area contributed by atoms with Crippen molar-refractivity contribution < 1.29 is 14.4 Å². The predicted molar refractivity (Wildman–Crippen MR) is 70.5 cm³/mol. The molecule has 1 aromatic rings. The largest absolute Gasteiger partial charge is 0.493 e. The SMILES string of the molecule is CC(=O)NOCCCOc1cc(C)cc(C)c1C. The predicted octanol–water partition coefficient (Wildman–Crippen LogP) is 2.45. The zero-order chi connectivity index (χ0) is 13.5. The molecule has 0 aliphatic carbocycles. The lowest BCUT2D eigenvalue weighted by molar-refractivity contribution is -0.131. The van der Waals surface area contributed by atoms with E-state index in [0.29, 0.717) is 13.2 Å².